The quantitative estimate of drug-likeness (QED) is 0.467. The largest absolute Gasteiger partial charge is 0.497 e. The van der Waals surface area contributed by atoms with Crippen LogP contribution in [0.25, 0.3) is 0 Å². The number of methoxy groups -OCH3 is 2. The van der Waals surface area contributed by atoms with Gasteiger partial charge in [-0.25, -0.2) is 4.98 Å². The molecule has 0 spiro atoms. The van der Waals surface area contributed by atoms with Crippen molar-refractivity contribution >= 4 is 17.6 Å². The number of piperidine rings is 1. The van der Waals surface area contributed by atoms with E-state index in [1.54, 1.807) is 20.4 Å². The maximum Gasteiger partial charge on any atom is 0.253 e. The third kappa shape index (κ3) is 5.30. The van der Waals surface area contributed by atoms with E-state index in [1.165, 1.54) is 0 Å². The number of pyridine rings is 1. The summed E-state index contributed by atoms with van der Waals surface area (Å²) < 4.78 is 10.6. The van der Waals surface area contributed by atoms with Gasteiger partial charge in [0.1, 0.15) is 17.3 Å². The van der Waals surface area contributed by atoms with Crippen molar-refractivity contribution in [2.75, 3.05) is 19.1 Å². The number of benzene rings is 2. The Morgan fingerprint density at radius 1 is 0.947 bits per heavy atom. The monoisotopic (exact) mass is 514 g/mol. The molecule has 3 heterocycles. The van der Waals surface area contributed by atoms with E-state index in [4.69, 9.17) is 9.47 Å². The lowest BCUT2D eigenvalue weighted by molar-refractivity contribution is 0.0923. The summed E-state index contributed by atoms with van der Waals surface area (Å²) in [7, 11) is 3.25. The van der Waals surface area contributed by atoms with Gasteiger partial charge in [-0.15, -0.1) is 0 Å². The topological polar surface area (TPSA) is 92.8 Å². The normalized spacial score (nSPS) is 20.1. The van der Waals surface area contributed by atoms with E-state index >= 15 is 0 Å². The number of hydrogen-bond donors (Lipinski definition) is 2. The molecule has 0 radical (unpaired) electrons. The minimum absolute atomic E-state index is 0.0534. The van der Waals surface area contributed by atoms with E-state index in [9.17, 15) is 9.59 Å². The van der Waals surface area contributed by atoms with Gasteiger partial charge in [-0.05, 0) is 74.6 Å². The smallest absolute Gasteiger partial charge is 0.253 e. The average Bonchev–Trinajstić information content (AvgIpc) is 3.21. The highest BCUT2D eigenvalue weighted by atomic mass is 16.5. The van der Waals surface area contributed by atoms with Gasteiger partial charge in [0, 0.05) is 42.0 Å². The molecule has 2 aliphatic heterocycles. The first-order valence-electron chi connectivity index (χ1n) is 13.1. The van der Waals surface area contributed by atoms with Crippen molar-refractivity contribution in [1.29, 1.82) is 0 Å². The Hall–Kier alpha value is -4.07. The molecule has 5 rings (SSSR count). The third-order valence-electron chi connectivity index (χ3n) is 7.70. The third-order valence-corrected chi connectivity index (χ3v) is 7.70. The minimum Gasteiger partial charge on any atom is -0.497 e. The summed E-state index contributed by atoms with van der Waals surface area (Å²) in [6.45, 7) is 2.35. The summed E-state index contributed by atoms with van der Waals surface area (Å²) in [6, 6.07) is 17.7. The molecule has 198 valence electrons. The van der Waals surface area contributed by atoms with Crippen molar-refractivity contribution in [2.45, 2.75) is 57.3 Å². The van der Waals surface area contributed by atoms with Crippen molar-refractivity contribution in [3.05, 3.63) is 83.0 Å². The van der Waals surface area contributed by atoms with E-state index in [2.05, 4.69) is 20.5 Å². The van der Waals surface area contributed by atoms with Crippen LogP contribution in [0.3, 0.4) is 0 Å². The fourth-order valence-corrected chi connectivity index (χ4v) is 5.71. The van der Waals surface area contributed by atoms with E-state index < -0.39 is 0 Å². The van der Waals surface area contributed by atoms with Crippen molar-refractivity contribution in [3.63, 3.8) is 0 Å². The average molecular weight is 515 g/mol. The molecule has 2 unspecified atom stereocenters. The first-order chi connectivity index (χ1) is 18.5. The summed E-state index contributed by atoms with van der Waals surface area (Å²) in [5, 5.41) is 6.21. The summed E-state index contributed by atoms with van der Waals surface area (Å²) >= 11 is 0. The van der Waals surface area contributed by atoms with Gasteiger partial charge in [0.15, 0.2) is 0 Å². The Morgan fingerprint density at radius 2 is 1.68 bits per heavy atom. The van der Waals surface area contributed by atoms with Crippen LogP contribution in [0.2, 0.25) is 0 Å². The van der Waals surface area contributed by atoms with Crippen LogP contribution in [0.5, 0.6) is 11.5 Å². The molecule has 2 fully saturated rings. The zero-order valence-electron chi connectivity index (χ0n) is 22.1. The summed E-state index contributed by atoms with van der Waals surface area (Å²) in [5.41, 5.74) is 3.04. The van der Waals surface area contributed by atoms with Crippen molar-refractivity contribution in [1.82, 2.24) is 15.6 Å². The molecule has 2 bridgehead atoms. The number of hydrogen-bond acceptors (Lipinski definition) is 6. The standard InChI is InChI=1S/C30H34N4O4/c1-19-26(5-4-6-27(19)38-3)30(36)33-22-15-23-10-11-24(16-22)34(23)28-14-9-21(18-31-28)29(35)32-17-20-7-12-25(37-2)13-8-20/h4-9,12-14,18,22-24H,10-11,15-17H2,1-3H3,(H,32,35)(H,33,36). The number of fused-ring (bicyclic) bond motifs is 2. The maximum atomic E-state index is 13.0. The number of rotatable bonds is 8. The Morgan fingerprint density at radius 3 is 2.32 bits per heavy atom. The van der Waals surface area contributed by atoms with Gasteiger partial charge in [0.05, 0.1) is 19.8 Å². The molecule has 38 heavy (non-hydrogen) atoms. The Bertz CT molecular complexity index is 1280. The summed E-state index contributed by atoms with van der Waals surface area (Å²) in [6.07, 6.45) is 5.54. The van der Waals surface area contributed by atoms with Crippen molar-refractivity contribution in [3.8, 4) is 11.5 Å². The molecule has 0 aliphatic carbocycles. The second-order valence-electron chi connectivity index (χ2n) is 10.0. The van der Waals surface area contributed by atoms with Crippen molar-refractivity contribution < 1.29 is 19.1 Å². The van der Waals surface area contributed by atoms with E-state index in [0.717, 1.165) is 54.1 Å². The number of nitrogens with one attached hydrogen (secondary N) is 2. The highest BCUT2D eigenvalue weighted by Gasteiger charge is 2.42. The first kappa shape index (κ1) is 25.6. The Balaban J connectivity index is 1.18. The SMILES string of the molecule is COc1ccc(CNC(=O)c2ccc(N3C4CCC3CC(NC(=O)c3cccc(OC)c3C)C4)nc2)cc1. The molecule has 2 aliphatic rings. The summed E-state index contributed by atoms with van der Waals surface area (Å²) in [5.74, 6) is 2.18. The van der Waals surface area contributed by atoms with Crippen LogP contribution < -0.4 is 25.0 Å². The molecule has 2 amide bonds. The molecule has 1 aromatic heterocycles. The molecular weight excluding hydrogens is 480 g/mol. The van der Waals surface area contributed by atoms with Gasteiger partial charge >= 0.3 is 0 Å². The van der Waals surface area contributed by atoms with Crippen molar-refractivity contribution in [2.24, 2.45) is 0 Å². The van der Waals surface area contributed by atoms with E-state index in [-0.39, 0.29) is 17.9 Å². The number of carbonyl (C=O) groups is 2. The lowest BCUT2D eigenvalue weighted by Gasteiger charge is -2.40. The zero-order valence-corrected chi connectivity index (χ0v) is 22.1. The van der Waals surface area contributed by atoms with Gasteiger partial charge in [-0.2, -0.15) is 0 Å². The Labute approximate surface area is 223 Å². The van der Waals surface area contributed by atoms with Gasteiger partial charge in [0.25, 0.3) is 11.8 Å². The molecular formula is C30H34N4O4. The predicted octanol–water partition coefficient (Wildman–Crippen LogP) is 4.27. The van der Waals surface area contributed by atoms with Gasteiger partial charge in [-0.3, -0.25) is 9.59 Å². The second kappa shape index (κ2) is 11.1. The van der Waals surface area contributed by atoms with Crippen LogP contribution in [-0.2, 0) is 6.54 Å². The zero-order chi connectivity index (χ0) is 26.6. The predicted molar refractivity (Wildman–Crippen MR) is 146 cm³/mol. The van der Waals surface area contributed by atoms with Gasteiger partial charge < -0.3 is 25.0 Å². The van der Waals surface area contributed by atoms with Crippen LogP contribution >= 0.6 is 0 Å². The fraction of sp³-hybridized carbons (Fsp3) is 0.367. The van der Waals surface area contributed by atoms with Gasteiger partial charge in [-0.1, -0.05) is 18.2 Å². The molecule has 2 N–H and O–H groups in total. The number of nitrogens with zero attached hydrogens (tertiary/aromatic N) is 2. The fourth-order valence-electron chi connectivity index (χ4n) is 5.71. The molecule has 2 atom stereocenters. The molecule has 0 saturated carbocycles. The Kier molecular flexibility index (Phi) is 7.49. The maximum absolute atomic E-state index is 13.0. The second-order valence-corrected chi connectivity index (χ2v) is 10.0. The highest BCUT2D eigenvalue weighted by Crippen LogP contribution is 2.38. The molecule has 2 aromatic carbocycles. The van der Waals surface area contributed by atoms with Crippen LogP contribution in [-0.4, -0.2) is 49.1 Å². The molecule has 8 nitrogen and oxygen atoms in total. The molecule has 3 aromatic rings. The number of anilines is 1. The number of amides is 2. The summed E-state index contributed by atoms with van der Waals surface area (Å²) in [4.78, 5) is 32.7. The van der Waals surface area contributed by atoms with E-state index in [1.807, 2.05) is 61.5 Å². The van der Waals surface area contributed by atoms with Gasteiger partial charge in [0.2, 0.25) is 0 Å². The minimum atomic E-state index is -0.155. The van der Waals surface area contributed by atoms with Crippen LogP contribution in [0, 0.1) is 6.92 Å². The number of carbonyl (C=O) groups excluding carboxylic acids is 2. The first-order valence-corrected chi connectivity index (χ1v) is 13.1. The highest BCUT2D eigenvalue weighted by molar-refractivity contribution is 5.96. The molecule has 2 saturated heterocycles. The van der Waals surface area contributed by atoms with Crippen LogP contribution in [0.4, 0.5) is 5.82 Å². The number of ether oxygens (including phenoxy) is 2. The van der Waals surface area contributed by atoms with Crippen LogP contribution in [0.15, 0.2) is 60.8 Å². The number of aromatic nitrogens is 1. The van der Waals surface area contributed by atoms with E-state index in [0.29, 0.717) is 29.8 Å². The van der Waals surface area contributed by atoms with Crippen LogP contribution in [0.1, 0.15) is 57.5 Å². The molecule has 8 heteroatoms. The lowest BCUT2D eigenvalue weighted by atomic mass is 9.96. The lowest BCUT2D eigenvalue weighted by Crippen LogP contribution is -2.50.